The average molecular weight is 486 g/mol. The van der Waals surface area contributed by atoms with Crippen LogP contribution in [-0.2, 0) is 0 Å². The predicted molar refractivity (Wildman–Crippen MR) is 106 cm³/mol. The maximum absolute atomic E-state index is 12.2. The Morgan fingerprint density at radius 1 is 1.12 bits per heavy atom. The van der Waals surface area contributed by atoms with Crippen molar-refractivity contribution in [2.75, 3.05) is 12.9 Å². The topological polar surface area (TPSA) is 65.2 Å². The zero-order valence-corrected chi connectivity index (χ0v) is 17.3. The van der Waals surface area contributed by atoms with Gasteiger partial charge in [0.05, 0.1) is 12.9 Å². The van der Waals surface area contributed by atoms with Crippen LogP contribution in [0, 0.1) is 0 Å². The van der Waals surface area contributed by atoms with E-state index in [0.29, 0.717) is 16.7 Å². The lowest BCUT2D eigenvalue weighted by molar-refractivity contribution is 0.102. The highest BCUT2D eigenvalue weighted by molar-refractivity contribution is 9.10. The van der Waals surface area contributed by atoms with E-state index in [0.717, 1.165) is 15.8 Å². The molecule has 0 aliphatic carbocycles. The first-order valence-electron chi connectivity index (χ1n) is 7.05. The second kappa shape index (κ2) is 9.17. The van der Waals surface area contributed by atoms with E-state index in [1.807, 2.05) is 24.3 Å². The van der Waals surface area contributed by atoms with E-state index in [1.54, 1.807) is 31.4 Å². The summed E-state index contributed by atoms with van der Waals surface area (Å²) in [6.45, 7) is 0. The van der Waals surface area contributed by atoms with E-state index >= 15 is 0 Å². The lowest BCUT2D eigenvalue weighted by atomic mass is 10.1. The first-order chi connectivity index (χ1) is 11.7. The molecule has 2 aromatic carbocycles. The number of ether oxygens (including phenoxy) is 1. The van der Waals surface area contributed by atoms with Crippen molar-refractivity contribution in [3.05, 3.63) is 58.6 Å². The van der Waals surface area contributed by atoms with Crippen molar-refractivity contribution in [3.8, 4) is 17.2 Å². The third kappa shape index (κ3) is 5.17. The fraction of sp³-hybridized carbons (Fsp3) is 0.118. The van der Waals surface area contributed by atoms with Crippen LogP contribution in [0.5, 0.6) is 5.75 Å². The molecule has 0 saturated carbocycles. The Labute approximate surface area is 168 Å². The van der Waals surface area contributed by atoms with Gasteiger partial charge in [0.2, 0.25) is 5.89 Å². The minimum absolute atomic E-state index is 0. The Bertz CT molecular complexity index is 836. The smallest absolute Gasteiger partial charge is 0.277 e. The zero-order chi connectivity index (χ0) is 16.9. The molecule has 0 amide bonds. The standard InChI is InChI=1S/C17H13BrN2O3S.BrH/c1-22-14-8-4-11(5-9-14)15(21)10-24-17-20-19-16(23-17)12-2-6-13(18)7-3-12;/h2-9H,10H2,1H3;1H. The van der Waals surface area contributed by atoms with Crippen molar-refractivity contribution >= 4 is 50.5 Å². The monoisotopic (exact) mass is 484 g/mol. The van der Waals surface area contributed by atoms with Crippen LogP contribution in [-0.4, -0.2) is 28.8 Å². The summed E-state index contributed by atoms with van der Waals surface area (Å²) in [5.41, 5.74) is 1.45. The summed E-state index contributed by atoms with van der Waals surface area (Å²) in [6.07, 6.45) is 0. The maximum Gasteiger partial charge on any atom is 0.277 e. The lowest BCUT2D eigenvalue weighted by Gasteiger charge is -2.01. The third-order valence-electron chi connectivity index (χ3n) is 3.24. The molecule has 5 nitrogen and oxygen atoms in total. The fourth-order valence-electron chi connectivity index (χ4n) is 1.96. The summed E-state index contributed by atoms with van der Waals surface area (Å²) in [5, 5.41) is 8.35. The number of hydrogen-bond acceptors (Lipinski definition) is 6. The molecular formula is C17H14Br2N2O3S. The highest BCUT2D eigenvalue weighted by Gasteiger charge is 2.12. The number of aromatic nitrogens is 2. The van der Waals surface area contributed by atoms with E-state index in [2.05, 4.69) is 26.1 Å². The summed E-state index contributed by atoms with van der Waals surface area (Å²) in [6, 6.07) is 14.6. The van der Waals surface area contributed by atoms with Gasteiger partial charge in [-0.3, -0.25) is 4.79 Å². The second-order valence-electron chi connectivity index (χ2n) is 4.82. The van der Waals surface area contributed by atoms with Crippen molar-refractivity contribution in [1.29, 1.82) is 0 Å². The summed E-state index contributed by atoms with van der Waals surface area (Å²) >= 11 is 4.60. The Balaban J connectivity index is 0.00000225. The van der Waals surface area contributed by atoms with E-state index < -0.39 is 0 Å². The van der Waals surface area contributed by atoms with Crippen molar-refractivity contribution in [3.63, 3.8) is 0 Å². The summed E-state index contributed by atoms with van der Waals surface area (Å²) < 4.78 is 11.6. The molecule has 1 aromatic heterocycles. The zero-order valence-electron chi connectivity index (χ0n) is 13.1. The number of hydrogen-bond donors (Lipinski definition) is 0. The van der Waals surface area contributed by atoms with Crippen molar-refractivity contribution in [2.24, 2.45) is 0 Å². The molecule has 0 atom stereocenters. The highest BCUT2D eigenvalue weighted by atomic mass is 79.9. The minimum Gasteiger partial charge on any atom is -0.497 e. The van der Waals surface area contributed by atoms with Crippen LogP contribution in [0.25, 0.3) is 11.5 Å². The molecule has 0 bridgehead atoms. The minimum atomic E-state index is -0.00829. The number of thioether (sulfide) groups is 1. The number of nitrogens with zero attached hydrogens (tertiary/aromatic N) is 2. The van der Waals surface area contributed by atoms with Gasteiger partial charge < -0.3 is 9.15 Å². The molecule has 0 saturated heterocycles. The lowest BCUT2D eigenvalue weighted by Crippen LogP contribution is -2.02. The Kier molecular flexibility index (Phi) is 7.22. The fourth-order valence-corrected chi connectivity index (χ4v) is 2.89. The number of halogens is 2. The van der Waals surface area contributed by atoms with Crippen LogP contribution >= 0.6 is 44.7 Å². The molecule has 0 N–H and O–H groups in total. The van der Waals surface area contributed by atoms with Gasteiger partial charge in [-0.2, -0.15) is 0 Å². The summed E-state index contributed by atoms with van der Waals surface area (Å²) in [5.74, 6) is 1.37. The van der Waals surface area contributed by atoms with Gasteiger partial charge in [-0.15, -0.1) is 27.2 Å². The Hall–Kier alpha value is -1.64. The van der Waals surface area contributed by atoms with Gasteiger partial charge in [0.15, 0.2) is 5.78 Å². The summed E-state index contributed by atoms with van der Waals surface area (Å²) in [4.78, 5) is 12.2. The largest absolute Gasteiger partial charge is 0.497 e. The van der Waals surface area contributed by atoms with Crippen LogP contribution in [0.3, 0.4) is 0 Å². The molecule has 1 heterocycles. The summed E-state index contributed by atoms with van der Waals surface area (Å²) in [7, 11) is 1.59. The normalized spacial score (nSPS) is 10.2. The van der Waals surface area contributed by atoms with Gasteiger partial charge in [0.1, 0.15) is 5.75 Å². The van der Waals surface area contributed by atoms with Crippen LogP contribution in [0.4, 0.5) is 0 Å². The Morgan fingerprint density at radius 3 is 2.44 bits per heavy atom. The molecule has 0 aliphatic rings. The molecule has 8 heteroatoms. The number of carbonyl (C=O) groups is 1. The average Bonchev–Trinajstić information content (AvgIpc) is 3.09. The van der Waals surface area contributed by atoms with E-state index in [9.17, 15) is 4.79 Å². The highest BCUT2D eigenvalue weighted by Crippen LogP contribution is 2.25. The van der Waals surface area contributed by atoms with Crippen LogP contribution in [0.15, 0.2) is 62.6 Å². The number of rotatable bonds is 6. The van der Waals surface area contributed by atoms with Gasteiger partial charge in [-0.25, -0.2) is 0 Å². The van der Waals surface area contributed by atoms with Gasteiger partial charge in [-0.05, 0) is 48.5 Å². The van der Waals surface area contributed by atoms with Gasteiger partial charge >= 0.3 is 0 Å². The third-order valence-corrected chi connectivity index (χ3v) is 4.58. The van der Waals surface area contributed by atoms with Crippen LogP contribution in [0.2, 0.25) is 0 Å². The number of Topliss-reactive ketones (excluding diaryl/α,β-unsaturated/α-hetero) is 1. The molecule has 3 aromatic rings. The SMILES string of the molecule is Br.COc1ccc(C(=O)CSc2nnc(-c3ccc(Br)cc3)o2)cc1. The van der Waals surface area contributed by atoms with Gasteiger partial charge in [0, 0.05) is 15.6 Å². The molecule has 0 aliphatic heterocycles. The molecule has 130 valence electrons. The van der Waals surface area contributed by atoms with E-state index in [-0.39, 0.29) is 28.5 Å². The van der Waals surface area contributed by atoms with Crippen LogP contribution in [0.1, 0.15) is 10.4 Å². The molecular weight excluding hydrogens is 472 g/mol. The maximum atomic E-state index is 12.2. The molecule has 3 rings (SSSR count). The molecule has 0 spiro atoms. The Morgan fingerprint density at radius 2 is 1.80 bits per heavy atom. The number of methoxy groups -OCH3 is 1. The van der Waals surface area contributed by atoms with Crippen molar-refractivity contribution in [2.45, 2.75) is 5.22 Å². The van der Waals surface area contributed by atoms with Gasteiger partial charge in [0.25, 0.3) is 5.22 Å². The number of ketones is 1. The first-order valence-corrected chi connectivity index (χ1v) is 8.83. The van der Waals surface area contributed by atoms with E-state index in [1.165, 1.54) is 11.8 Å². The van der Waals surface area contributed by atoms with Crippen molar-refractivity contribution in [1.82, 2.24) is 10.2 Å². The van der Waals surface area contributed by atoms with Crippen LogP contribution < -0.4 is 4.74 Å². The molecule has 0 unspecified atom stereocenters. The second-order valence-corrected chi connectivity index (χ2v) is 6.66. The quantitative estimate of drug-likeness (QED) is 0.359. The molecule has 0 fully saturated rings. The number of carbonyl (C=O) groups excluding carboxylic acids is 1. The predicted octanol–water partition coefficient (Wildman–Crippen LogP) is 5.06. The molecule has 0 radical (unpaired) electrons. The first kappa shape index (κ1) is 19.7. The van der Waals surface area contributed by atoms with E-state index in [4.69, 9.17) is 9.15 Å². The van der Waals surface area contributed by atoms with Gasteiger partial charge in [-0.1, -0.05) is 27.7 Å². The molecule has 25 heavy (non-hydrogen) atoms. The number of benzene rings is 2. The van der Waals surface area contributed by atoms with Crippen molar-refractivity contribution < 1.29 is 13.9 Å².